The van der Waals surface area contributed by atoms with E-state index in [9.17, 15) is 23.2 Å². The Balaban J connectivity index is 2.20. The molecule has 0 fully saturated rings. The van der Waals surface area contributed by atoms with Gasteiger partial charge in [-0.2, -0.15) is 0 Å². The molecule has 0 bridgehead atoms. The van der Waals surface area contributed by atoms with Gasteiger partial charge in [0, 0.05) is 18.0 Å². The number of nitrogens with one attached hydrogen (secondary N) is 2. The van der Waals surface area contributed by atoms with Crippen molar-refractivity contribution in [2.75, 3.05) is 24.7 Å². The van der Waals surface area contributed by atoms with Gasteiger partial charge in [-0.3, -0.25) is 9.59 Å². The van der Waals surface area contributed by atoms with Crippen LogP contribution < -0.4 is 10.6 Å². The summed E-state index contributed by atoms with van der Waals surface area (Å²) in [4.78, 5) is 36.9. The van der Waals surface area contributed by atoms with E-state index in [1.54, 1.807) is 13.8 Å². The molecule has 1 aromatic carbocycles. The van der Waals surface area contributed by atoms with Crippen molar-refractivity contribution >= 4 is 45.9 Å². The summed E-state index contributed by atoms with van der Waals surface area (Å²) in [6.07, 6.45) is 0. The first kappa shape index (κ1) is 21.8. The first-order valence-electron chi connectivity index (χ1n) is 8.18. The van der Waals surface area contributed by atoms with Crippen molar-refractivity contribution in [2.45, 2.75) is 18.7 Å². The van der Waals surface area contributed by atoms with E-state index in [0.29, 0.717) is 5.56 Å². The minimum absolute atomic E-state index is 0.108. The van der Waals surface area contributed by atoms with E-state index in [0.717, 1.165) is 35.2 Å². The number of carbonyl (C=O) groups excluding carboxylic acids is 3. The molecule has 1 heterocycles. The molecule has 10 heteroatoms. The molecule has 2 rings (SSSR count). The summed E-state index contributed by atoms with van der Waals surface area (Å²) in [5.41, 5.74) is 0.507. The Morgan fingerprint density at radius 1 is 1.25 bits per heavy atom. The lowest BCUT2D eigenvalue weighted by Gasteiger charge is -2.07. The molecule has 0 atom stereocenters. The van der Waals surface area contributed by atoms with Gasteiger partial charge in [0.25, 0.3) is 5.91 Å². The molecule has 0 spiro atoms. The summed E-state index contributed by atoms with van der Waals surface area (Å²) in [6.45, 7) is 3.37. The average Bonchev–Trinajstić information content (AvgIpc) is 2.96. The molecular formula is C18H18F2N2O4S2. The van der Waals surface area contributed by atoms with Gasteiger partial charge < -0.3 is 15.4 Å². The minimum atomic E-state index is -0.765. The van der Waals surface area contributed by atoms with Crippen LogP contribution in [0.4, 0.5) is 13.8 Å². The second-order valence-corrected chi connectivity index (χ2v) is 7.51. The molecule has 0 aliphatic rings. The maximum Gasteiger partial charge on any atom is 0.341 e. The molecule has 0 aliphatic carbocycles. The van der Waals surface area contributed by atoms with Crippen molar-refractivity contribution < 1.29 is 27.9 Å². The number of benzene rings is 1. The molecule has 0 aliphatic heterocycles. The Hall–Kier alpha value is -2.46. The Morgan fingerprint density at radius 3 is 2.57 bits per heavy atom. The molecule has 6 nitrogen and oxygen atoms in total. The van der Waals surface area contributed by atoms with E-state index in [4.69, 9.17) is 4.74 Å². The summed E-state index contributed by atoms with van der Waals surface area (Å²) in [7, 11) is 1.46. The number of thioether (sulfide) groups is 1. The second kappa shape index (κ2) is 9.65. The fourth-order valence-corrected chi connectivity index (χ4v) is 4.16. The average molecular weight is 428 g/mol. The minimum Gasteiger partial charge on any atom is -0.462 e. The van der Waals surface area contributed by atoms with Crippen molar-refractivity contribution in [3.05, 3.63) is 45.8 Å². The van der Waals surface area contributed by atoms with Crippen LogP contribution in [0.1, 0.15) is 32.5 Å². The SMILES string of the molecule is CCOC(=O)c1c(NC(=O)CSc2ccc(F)cc2F)sc(C(=O)NC)c1C. The third-order valence-corrected chi connectivity index (χ3v) is 5.82. The number of rotatable bonds is 7. The maximum atomic E-state index is 13.7. The third-order valence-electron chi connectivity index (χ3n) is 3.57. The quantitative estimate of drug-likeness (QED) is 0.520. The molecule has 2 aromatic rings. The number of hydrogen-bond acceptors (Lipinski definition) is 6. The van der Waals surface area contributed by atoms with Gasteiger partial charge in [0.15, 0.2) is 0 Å². The van der Waals surface area contributed by atoms with Gasteiger partial charge in [-0.1, -0.05) is 0 Å². The number of esters is 1. The van der Waals surface area contributed by atoms with Crippen molar-refractivity contribution in [3.8, 4) is 0 Å². The van der Waals surface area contributed by atoms with Crippen LogP contribution in [0, 0.1) is 18.6 Å². The summed E-state index contributed by atoms with van der Waals surface area (Å²) in [5, 5.41) is 5.23. The first-order valence-corrected chi connectivity index (χ1v) is 9.98. The highest BCUT2D eigenvalue weighted by Gasteiger charge is 2.26. The Labute approximate surface area is 168 Å². The van der Waals surface area contributed by atoms with Crippen molar-refractivity contribution in [1.29, 1.82) is 0 Å². The van der Waals surface area contributed by atoms with Crippen LogP contribution in [-0.4, -0.2) is 37.2 Å². The Morgan fingerprint density at radius 2 is 1.96 bits per heavy atom. The lowest BCUT2D eigenvalue weighted by molar-refractivity contribution is -0.113. The van der Waals surface area contributed by atoms with Crippen LogP contribution in [0.2, 0.25) is 0 Å². The fraction of sp³-hybridized carbons (Fsp3) is 0.278. The van der Waals surface area contributed by atoms with Crippen molar-refractivity contribution in [3.63, 3.8) is 0 Å². The van der Waals surface area contributed by atoms with E-state index in [-0.39, 0.29) is 32.7 Å². The third kappa shape index (κ3) is 5.08. The number of ether oxygens (including phenoxy) is 1. The smallest absolute Gasteiger partial charge is 0.341 e. The van der Waals surface area contributed by atoms with E-state index in [2.05, 4.69) is 10.6 Å². The van der Waals surface area contributed by atoms with Gasteiger partial charge in [-0.15, -0.1) is 23.1 Å². The molecule has 0 unspecified atom stereocenters. The highest BCUT2D eigenvalue weighted by Crippen LogP contribution is 2.34. The Kier molecular flexibility index (Phi) is 7.53. The molecule has 2 N–H and O–H groups in total. The molecule has 0 radical (unpaired) electrons. The van der Waals surface area contributed by atoms with Crippen LogP contribution in [0.25, 0.3) is 0 Å². The van der Waals surface area contributed by atoms with Crippen LogP contribution in [0.15, 0.2) is 23.1 Å². The summed E-state index contributed by atoms with van der Waals surface area (Å²) >= 11 is 1.84. The predicted molar refractivity (Wildman–Crippen MR) is 104 cm³/mol. The lowest BCUT2D eigenvalue weighted by Crippen LogP contribution is -2.18. The standard InChI is InChI=1S/C18H18F2N2O4S2/c1-4-26-18(25)14-9(2)15(16(24)21-3)28-17(14)22-13(23)8-27-12-6-5-10(19)7-11(12)20/h5-7H,4,8H2,1-3H3,(H,21,24)(H,22,23). The van der Waals surface area contributed by atoms with E-state index in [1.165, 1.54) is 13.1 Å². The summed E-state index contributed by atoms with van der Waals surface area (Å²) < 4.78 is 31.6. The van der Waals surface area contributed by atoms with Crippen LogP contribution >= 0.6 is 23.1 Å². The van der Waals surface area contributed by atoms with Gasteiger partial charge in [-0.05, 0) is 31.5 Å². The van der Waals surface area contributed by atoms with Gasteiger partial charge in [0.1, 0.15) is 16.6 Å². The number of hydrogen-bond donors (Lipinski definition) is 2. The van der Waals surface area contributed by atoms with Gasteiger partial charge in [0.05, 0.1) is 22.8 Å². The number of halogens is 2. The lowest BCUT2D eigenvalue weighted by atomic mass is 10.1. The molecule has 2 amide bonds. The predicted octanol–water partition coefficient (Wildman–Crippen LogP) is 3.60. The molecule has 28 heavy (non-hydrogen) atoms. The molecule has 0 saturated heterocycles. The molecule has 1 aromatic heterocycles. The molecule has 150 valence electrons. The van der Waals surface area contributed by atoms with Crippen LogP contribution in [0.3, 0.4) is 0 Å². The summed E-state index contributed by atoms with van der Waals surface area (Å²) in [6, 6.07) is 3.07. The second-order valence-electron chi connectivity index (χ2n) is 5.47. The number of amides is 2. The van der Waals surface area contributed by atoms with E-state index in [1.807, 2.05) is 0 Å². The normalized spacial score (nSPS) is 10.5. The van der Waals surface area contributed by atoms with E-state index < -0.39 is 29.4 Å². The topological polar surface area (TPSA) is 84.5 Å². The zero-order chi connectivity index (χ0) is 20.8. The summed E-state index contributed by atoms with van der Waals surface area (Å²) in [5.74, 6) is -3.20. The highest BCUT2D eigenvalue weighted by atomic mass is 32.2. The van der Waals surface area contributed by atoms with Crippen LogP contribution in [-0.2, 0) is 9.53 Å². The van der Waals surface area contributed by atoms with Crippen LogP contribution in [0.5, 0.6) is 0 Å². The van der Waals surface area contributed by atoms with Gasteiger partial charge in [-0.25, -0.2) is 13.6 Å². The zero-order valence-electron chi connectivity index (χ0n) is 15.4. The maximum absolute atomic E-state index is 13.7. The van der Waals surface area contributed by atoms with E-state index >= 15 is 0 Å². The first-order chi connectivity index (χ1) is 13.3. The van der Waals surface area contributed by atoms with Crippen molar-refractivity contribution in [2.24, 2.45) is 0 Å². The number of anilines is 1. The van der Waals surface area contributed by atoms with Gasteiger partial charge >= 0.3 is 5.97 Å². The number of carbonyl (C=O) groups is 3. The zero-order valence-corrected chi connectivity index (χ0v) is 17.0. The number of thiophene rings is 1. The molecule has 0 saturated carbocycles. The van der Waals surface area contributed by atoms with Gasteiger partial charge in [0.2, 0.25) is 5.91 Å². The Bertz CT molecular complexity index is 915. The highest BCUT2D eigenvalue weighted by molar-refractivity contribution is 8.00. The van der Waals surface area contributed by atoms with Crippen molar-refractivity contribution in [1.82, 2.24) is 5.32 Å². The largest absolute Gasteiger partial charge is 0.462 e. The molecular weight excluding hydrogens is 410 g/mol. The fourth-order valence-electron chi connectivity index (χ4n) is 2.28. The monoisotopic (exact) mass is 428 g/mol.